The molecular weight excluding hydrogens is 516 g/mol. The summed E-state index contributed by atoms with van der Waals surface area (Å²) in [6.45, 7) is 0. The number of benzene rings is 8. The van der Waals surface area contributed by atoms with Gasteiger partial charge in [0.15, 0.2) is 0 Å². The maximum atomic E-state index is 2.38. The largest absolute Gasteiger partial charge is 0.0622 e. The molecule has 8 rings (SSSR count). The summed E-state index contributed by atoms with van der Waals surface area (Å²) < 4.78 is 0. The molecule has 0 heteroatoms. The van der Waals surface area contributed by atoms with Crippen LogP contribution in [0, 0.1) is 0 Å². The molecule has 0 N–H and O–H groups in total. The van der Waals surface area contributed by atoms with Crippen LogP contribution in [0.5, 0.6) is 0 Å². The maximum Gasteiger partial charge on any atom is -0.000728 e. The van der Waals surface area contributed by atoms with E-state index in [4.69, 9.17) is 0 Å². The van der Waals surface area contributed by atoms with Gasteiger partial charge in [0, 0.05) is 0 Å². The zero-order valence-electron chi connectivity index (χ0n) is 23.9. The van der Waals surface area contributed by atoms with Gasteiger partial charge in [-0.1, -0.05) is 164 Å². The molecule has 0 fully saturated rings. The van der Waals surface area contributed by atoms with Crippen molar-refractivity contribution in [1.29, 1.82) is 0 Å². The topological polar surface area (TPSA) is 0 Å². The van der Waals surface area contributed by atoms with Gasteiger partial charge in [-0.15, -0.1) is 0 Å². The minimum atomic E-state index is 0.866. The van der Waals surface area contributed by atoms with Gasteiger partial charge < -0.3 is 0 Å². The molecule has 0 unspecified atom stereocenters. The van der Waals surface area contributed by atoms with Crippen LogP contribution >= 0.6 is 0 Å². The lowest BCUT2D eigenvalue weighted by Gasteiger charge is -2.19. The lowest BCUT2D eigenvalue weighted by Crippen LogP contribution is -1.97. The molecule has 0 aliphatic heterocycles. The van der Waals surface area contributed by atoms with Crippen LogP contribution in [-0.2, 0) is 6.42 Å². The molecule has 0 radical (unpaired) electrons. The van der Waals surface area contributed by atoms with Gasteiger partial charge in [-0.05, 0) is 89.3 Å². The van der Waals surface area contributed by atoms with Crippen LogP contribution in [0.1, 0.15) is 11.1 Å². The van der Waals surface area contributed by atoms with Gasteiger partial charge in [0.1, 0.15) is 0 Å². The second-order valence-corrected chi connectivity index (χ2v) is 11.3. The fourth-order valence-electron chi connectivity index (χ4n) is 6.79. The minimum absolute atomic E-state index is 0.866. The van der Waals surface area contributed by atoms with Crippen molar-refractivity contribution < 1.29 is 0 Å². The van der Waals surface area contributed by atoms with E-state index >= 15 is 0 Å². The number of hydrogen-bond acceptors (Lipinski definition) is 0. The molecule has 8 aromatic rings. The first-order valence-electron chi connectivity index (χ1n) is 15.0. The molecule has 0 amide bonds. The smallest absolute Gasteiger partial charge is 0.000728 e. The van der Waals surface area contributed by atoms with Crippen LogP contribution in [0.15, 0.2) is 170 Å². The molecular formula is C43H30. The summed E-state index contributed by atoms with van der Waals surface area (Å²) >= 11 is 0. The van der Waals surface area contributed by atoms with E-state index < -0.39 is 0 Å². The molecule has 0 aliphatic carbocycles. The van der Waals surface area contributed by atoms with Crippen molar-refractivity contribution >= 4 is 32.3 Å². The Morgan fingerprint density at radius 1 is 0.326 bits per heavy atom. The lowest BCUT2D eigenvalue weighted by atomic mass is 9.84. The van der Waals surface area contributed by atoms with E-state index in [1.807, 2.05) is 0 Å². The highest BCUT2D eigenvalue weighted by Gasteiger charge is 2.17. The summed E-state index contributed by atoms with van der Waals surface area (Å²) in [5.41, 5.74) is 10.4. The van der Waals surface area contributed by atoms with E-state index in [1.165, 1.54) is 76.8 Å². The van der Waals surface area contributed by atoms with Crippen molar-refractivity contribution in [2.45, 2.75) is 6.42 Å². The number of rotatable bonds is 5. The van der Waals surface area contributed by atoms with Gasteiger partial charge in [0.25, 0.3) is 0 Å². The molecule has 8 aromatic carbocycles. The lowest BCUT2D eigenvalue weighted by molar-refractivity contribution is 1.23. The monoisotopic (exact) mass is 546 g/mol. The van der Waals surface area contributed by atoms with Gasteiger partial charge in [0.05, 0.1) is 0 Å². The first kappa shape index (κ1) is 25.3. The van der Waals surface area contributed by atoms with E-state index in [1.54, 1.807) is 0 Å². The van der Waals surface area contributed by atoms with E-state index in [9.17, 15) is 0 Å². The molecule has 0 saturated carbocycles. The Balaban J connectivity index is 1.34. The molecule has 0 nitrogen and oxygen atoms in total. The third-order valence-electron chi connectivity index (χ3n) is 8.77. The highest BCUT2D eigenvalue weighted by atomic mass is 14.2. The molecule has 202 valence electrons. The van der Waals surface area contributed by atoms with E-state index in [2.05, 4.69) is 170 Å². The summed E-state index contributed by atoms with van der Waals surface area (Å²) in [5.74, 6) is 0. The fourth-order valence-corrected chi connectivity index (χ4v) is 6.79. The van der Waals surface area contributed by atoms with Crippen molar-refractivity contribution in [3.63, 3.8) is 0 Å². The fraction of sp³-hybridized carbons (Fsp3) is 0.0233. The number of fused-ring (bicyclic) bond motifs is 3. The molecule has 0 bridgehead atoms. The van der Waals surface area contributed by atoms with Gasteiger partial charge in [-0.25, -0.2) is 0 Å². The predicted octanol–water partition coefficient (Wildman–Crippen LogP) is 11.7. The molecule has 0 aliphatic rings. The third kappa shape index (κ3) is 4.49. The van der Waals surface area contributed by atoms with Crippen LogP contribution in [0.4, 0.5) is 0 Å². The Morgan fingerprint density at radius 3 is 1.53 bits per heavy atom. The second-order valence-electron chi connectivity index (χ2n) is 11.3. The molecule has 0 saturated heterocycles. The molecule has 43 heavy (non-hydrogen) atoms. The molecule has 0 aromatic heterocycles. The zero-order chi connectivity index (χ0) is 28.6. The van der Waals surface area contributed by atoms with Crippen LogP contribution in [0.25, 0.3) is 65.7 Å². The van der Waals surface area contributed by atoms with Gasteiger partial charge >= 0.3 is 0 Å². The van der Waals surface area contributed by atoms with Gasteiger partial charge in [-0.3, -0.25) is 0 Å². The molecule has 0 atom stereocenters. The van der Waals surface area contributed by atoms with Crippen molar-refractivity contribution in [2.75, 3.05) is 0 Å². The van der Waals surface area contributed by atoms with Crippen LogP contribution in [0.2, 0.25) is 0 Å². The summed E-state index contributed by atoms with van der Waals surface area (Å²) in [7, 11) is 0. The Kier molecular flexibility index (Phi) is 6.31. The highest BCUT2D eigenvalue weighted by molar-refractivity contribution is 6.16. The summed E-state index contributed by atoms with van der Waals surface area (Å²) in [5, 5.41) is 7.77. The summed E-state index contributed by atoms with van der Waals surface area (Å²) in [6, 6.07) is 61.9. The van der Waals surface area contributed by atoms with Crippen molar-refractivity contribution in [3.8, 4) is 33.4 Å². The van der Waals surface area contributed by atoms with E-state index in [-0.39, 0.29) is 0 Å². The Labute approximate surface area is 252 Å². The average molecular weight is 547 g/mol. The van der Waals surface area contributed by atoms with Crippen molar-refractivity contribution in [2.24, 2.45) is 0 Å². The van der Waals surface area contributed by atoms with Crippen LogP contribution < -0.4 is 0 Å². The van der Waals surface area contributed by atoms with E-state index in [0.717, 1.165) is 6.42 Å². The average Bonchev–Trinajstić information content (AvgIpc) is 3.09. The normalized spacial score (nSPS) is 11.3. The number of hydrogen-bond donors (Lipinski definition) is 0. The maximum absolute atomic E-state index is 2.38. The van der Waals surface area contributed by atoms with Crippen molar-refractivity contribution in [3.05, 3.63) is 181 Å². The minimum Gasteiger partial charge on any atom is -0.0622 e. The van der Waals surface area contributed by atoms with Crippen LogP contribution in [-0.4, -0.2) is 0 Å². The van der Waals surface area contributed by atoms with E-state index in [0.29, 0.717) is 0 Å². The first-order chi connectivity index (χ1) is 21.3. The molecule has 0 spiro atoms. The summed E-state index contributed by atoms with van der Waals surface area (Å²) in [4.78, 5) is 0. The quantitative estimate of drug-likeness (QED) is 0.188. The Bertz CT molecular complexity index is 2180. The summed E-state index contributed by atoms with van der Waals surface area (Å²) in [6.07, 6.45) is 0.866. The standard InChI is InChI=1S/C43H30/c1-3-14-30(15-4-1)35-20-8-7-18-33(35)29-42-38-21-9-11-23-40(38)43(41-24-12-10-22-39(41)42)34-26-27-37-32(28-34)19-13-25-36(37)31-16-5-2-6-17-31/h1-28H,29H2. The van der Waals surface area contributed by atoms with Gasteiger partial charge in [-0.2, -0.15) is 0 Å². The molecule has 0 heterocycles. The zero-order valence-corrected chi connectivity index (χ0v) is 23.9. The van der Waals surface area contributed by atoms with Gasteiger partial charge in [0.2, 0.25) is 0 Å². The Hall–Kier alpha value is -5.46. The first-order valence-corrected chi connectivity index (χ1v) is 15.0. The Morgan fingerprint density at radius 2 is 0.860 bits per heavy atom. The predicted molar refractivity (Wildman–Crippen MR) is 185 cm³/mol. The highest BCUT2D eigenvalue weighted by Crippen LogP contribution is 2.42. The van der Waals surface area contributed by atoms with Crippen LogP contribution in [0.3, 0.4) is 0 Å². The second kappa shape index (κ2) is 10.7. The van der Waals surface area contributed by atoms with Crippen molar-refractivity contribution in [1.82, 2.24) is 0 Å². The SMILES string of the molecule is c1ccc(-c2ccccc2Cc2c3ccccc3c(-c3ccc4c(-c5ccccc5)cccc4c3)c3ccccc23)cc1. The third-order valence-corrected chi connectivity index (χ3v) is 8.77.